The van der Waals surface area contributed by atoms with Crippen LogP contribution in [-0.2, 0) is 17.8 Å². The first-order chi connectivity index (χ1) is 15.2. The zero-order valence-corrected chi connectivity index (χ0v) is 18.0. The molecule has 0 spiro atoms. The zero-order valence-electron chi connectivity index (χ0n) is 18.0. The third kappa shape index (κ3) is 4.84. The van der Waals surface area contributed by atoms with E-state index in [0.29, 0.717) is 6.54 Å². The molecule has 0 aliphatic rings. The lowest BCUT2D eigenvalue weighted by molar-refractivity contribution is -0.118. The van der Waals surface area contributed by atoms with Crippen molar-refractivity contribution in [3.05, 3.63) is 77.9 Å². The van der Waals surface area contributed by atoms with E-state index in [9.17, 15) is 4.79 Å². The number of carbonyl (C=O) groups excluding carboxylic acids is 1. The van der Waals surface area contributed by atoms with Crippen molar-refractivity contribution in [3.63, 3.8) is 0 Å². The first kappa shape index (κ1) is 20.8. The van der Waals surface area contributed by atoms with Gasteiger partial charge in [-0.2, -0.15) is 0 Å². The number of benzene rings is 3. The van der Waals surface area contributed by atoms with Gasteiger partial charge in [0.05, 0.1) is 11.0 Å². The normalized spacial score (nSPS) is 11.0. The summed E-state index contributed by atoms with van der Waals surface area (Å²) in [6.07, 6.45) is 0.921. The molecule has 1 amide bonds. The molecule has 0 atom stereocenters. The number of amides is 1. The Balaban J connectivity index is 1.58. The molecular formula is C26H28N4O. The Kier molecular flexibility index (Phi) is 6.43. The Morgan fingerprint density at radius 2 is 1.77 bits per heavy atom. The van der Waals surface area contributed by atoms with E-state index in [1.807, 2.05) is 6.07 Å². The van der Waals surface area contributed by atoms with Gasteiger partial charge in [-0.25, -0.2) is 4.98 Å². The fourth-order valence-electron chi connectivity index (χ4n) is 3.90. The largest absolute Gasteiger partial charge is 0.355 e. The second-order valence-corrected chi connectivity index (χ2v) is 7.65. The third-order valence-corrected chi connectivity index (χ3v) is 5.40. The summed E-state index contributed by atoms with van der Waals surface area (Å²) in [5, 5.41) is 6.16. The van der Waals surface area contributed by atoms with Crippen molar-refractivity contribution >= 4 is 16.9 Å². The highest BCUT2D eigenvalue weighted by Crippen LogP contribution is 2.31. The topological polar surface area (TPSA) is 69.8 Å². The van der Waals surface area contributed by atoms with E-state index in [1.165, 1.54) is 29.2 Å². The summed E-state index contributed by atoms with van der Waals surface area (Å²) in [6.45, 7) is 5.82. The lowest BCUT2D eigenvalue weighted by atomic mass is 9.97. The number of fused-ring (bicyclic) bond motifs is 1. The molecule has 4 rings (SSSR count). The minimum atomic E-state index is -0.00412. The Hall–Kier alpha value is -3.44. The van der Waals surface area contributed by atoms with Gasteiger partial charge >= 0.3 is 0 Å². The van der Waals surface area contributed by atoms with E-state index in [2.05, 4.69) is 83.2 Å². The highest BCUT2D eigenvalue weighted by Gasteiger charge is 2.13. The number of rotatable bonds is 8. The van der Waals surface area contributed by atoms with Gasteiger partial charge in [0.25, 0.3) is 0 Å². The molecule has 0 aliphatic carbocycles. The fourth-order valence-corrected chi connectivity index (χ4v) is 3.90. The minimum Gasteiger partial charge on any atom is -0.355 e. The molecule has 0 bridgehead atoms. The van der Waals surface area contributed by atoms with Gasteiger partial charge in [-0.05, 0) is 40.8 Å². The van der Waals surface area contributed by atoms with E-state index in [4.69, 9.17) is 4.98 Å². The fraction of sp³-hybridized carbons (Fsp3) is 0.231. The van der Waals surface area contributed by atoms with Crippen molar-refractivity contribution in [2.45, 2.75) is 26.8 Å². The molecule has 0 fully saturated rings. The predicted molar refractivity (Wildman–Crippen MR) is 127 cm³/mol. The van der Waals surface area contributed by atoms with Crippen LogP contribution in [0, 0.1) is 0 Å². The maximum Gasteiger partial charge on any atom is 0.216 e. The van der Waals surface area contributed by atoms with E-state index >= 15 is 0 Å². The summed E-state index contributed by atoms with van der Waals surface area (Å²) in [4.78, 5) is 19.4. The van der Waals surface area contributed by atoms with Gasteiger partial charge in [0.15, 0.2) is 0 Å². The van der Waals surface area contributed by atoms with E-state index < -0.39 is 0 Å². The van der Waals surface area contributed by atoms with Crippen molar-refractivity contribution in [1.82, 2.24) is 20.6 Å². The number of nitrogens with zero attached hydrogens (tertiary/aromatic N) is 1. The first-order valence-corrected chi connectivity index (χ1v) is 10.8. The molecule has 0 saturated carbocycles. The molecule has 31 heavy (non-hydrogen) atoms. The van der Waals surface area contributed by atoms with Crippen LogP contribution in [0.3, 0.4) is 0 Å². The van der Waals surface area contributed by atoms with Gasteiger partial charge in [0, 0.05) is 32.1 Å². The molecular weight excluding hydrogens is 384 g/mol. The predicted octanol–water partition coefficient (Wildman–Crippen LogP) is 4.69. The van der Waals surface area contributed by atoms with Crippen LogP contribution in [0.1, 0.15) is 25.0 Å². The SMILES string of the molecule is CCc1c(-c2ccccc2)ccc2[nH]c(-c3cccc(CNCCNC(C)=O)c3)nc12. The molecule has 0 radical (unpaired) electrons. The van der Waals surface area contributed by atoms with Crippen LogP contribution in [0.15, 0.2) is 66.7 Å². The molecule has 5 heteroatoms. The molecule has 1 aromatic heterocycles. The van der Waals surface area contributed by atoms with E-state index in [0.717, 1.165) is 41.9 Å². The van der Waals surface area contributed by atoms with E-state index in [1.54, 1.807) is 0 Å². The maximum absolute atomic E-state index is 11.0. The smallest absolute Gasteiger partial charge is 0.216 e. The number of hydrogen-bond donors (Lipinski definition) is 3. The molecule has 3 aromatic carbocycles. The lowest BCUT2D eigenvalue weighted by Crippen LogP contribution is -2.29. The molecule has 1 heterocycles. The number of imidazole rings is 1. The molecule has 5 nitrogen and oxygen atoms in total. The van der Waals surface area contributed by atoms with Crippen LogP contribution < -0.4 is 10.6 Å². The number of aromatic nitrogens is 2. The summed E-state index contributed by atoms with van der Waals surface area (Å²) in [7, 11) is 0. The average molecular weight is 413 g/mol. The second kappa shape index (κ2) is 9.58. The standard InChI is InChI=1S/C26H28N4O/c1-3-22-23(20-9-5-4-6-10-20)12-13-24-25(22)30-26(29-24)21-11-7-8-19(16-21)17-27-14-15-28-18(2)31/h4-13,16,27H,3,14-15,17H2,1-2H3,(H,28,31)(H,29,30). The quantitative estimate of drug-likeness (QED) is 0.368. The van der Waals surface area contributed by atoms with Gasteiger partial charge < -0.3 is 15.6 Å². The average Bonchev–Trinajstić information content (AvgIpc) is 3.23. The molecule has 0 aliphatic heterocycles. The number of nitrogens with one attached hydrogen (secondary N) is 3. The highest BCUT2D eigenvalue weighted by atomic mass is 16.1. The van der Waals surface area contributed by atoms with E-state index in [-0.39, 0.29) is 5.91 Å². The van der Waals surface area contributed by atoms with Gasteiger partial charge in [-0.3, -0.25) is 4.79 Å². The van der Waals surface area contributed by atoms with Gasteiger partial charge in [0.1, 0.15) is 5.82 Å². The van der Waals surface area contributed by atoms with Crippen molar-refractivity contribution in [3.8, 4) is 22.5 Å². The Morgan fingerprint density at radius 3 is 2.55 bits per heavy atom. The summed E-state index contributed by atoms with van der Waals surface area (Å²) in [6, 6.07) is 23.2. The van der Waals surface area contributed by atoms with Gasteiger partial charge in [-0.1, -0.05) is 61.5 Å². The zero-order chi connectivity index (χ0) is 21.6. The molecule has 4 aromatic rings. The van der Waals surface area contributed by atoms with Crippen molar-refractivity contribution in [2.24, 2.45) is 0 Å². The summed E-state index contributed by atoms with van der Waals surface area (Å²) in [5.74, 6) is 0.880. The molecule has 0 unspecified atom stereocenters. The maximum atomic E-state index is 11.0. The number of aryl methyl sites for hydroxylation is 1. The van der Waals surface area contributed by atoms with Crippen molar-refractivity contribution in [1.29, 1.82) is 0 Å². The van der Waals surface area contributed by atoms with Crippen molar-refractivity contribution in [2.75, 3.05) is 13.1 Å². The van der Waals surface area contributed by atoms with Gasteiger partial charge in [0.2, 0.25) is 5.91 Å². The van der Waals surface area contributed by atoms with Crippen LogP contribution in [0.5, 0.6) is 0 Å². The number of carbonyl (C=O) groups is 1. The number of hydrogen-bond acceptors (Lipinski definition) is 3. The number of aromatic amines is 1. The monoisotopic (exact) mass is 412 g/mol. The van der Waals surface area contributed by atoms with Crippen LogP contribution in [0.2, 0.25) is 0 Å². The second-order valence-electron chi connectivity index (χ2n) is 7.65. The molecule has 3 N–H and O–H groups in total. The van der Waals surface area contributed by atoms with Crippen LogP contribution in [-0.4, -0.2) is 29.0 Å². The van der Waals surface area contributed by atoms with Crippen molar-refractivity contribution < 1.29 is 4.79 Å². The van der Waals surface area contributed by atoms with Crippen LogP contribution in [0.4, 0.5) is 0 Å². The molecule has 0 saturated heterocycles. The van der Waals surface area contributed by atoms with Crippen LogP contribution in [0.25, 0.3) is 33.5 Å². The lowest BCUT2D eigenvalue weighted by Gasteiger charge is -2.08. The number of H-pyrrole nitrogens is 1. The third-order valence-electron chi connectivity index (χ3n) is 5.40. The van der Waals surface area contributed by atoms with Gasteiger partial charge in [-0.15, -0.1) is 0 Å². The minimum absolute atomic E-state index is 0.00412. The summed E-state index contributed by atoms with van der Waals surface area (Å²) in [5.41, 5.74) is 8.08. The first-order valence-electron chi connectivity index (χ1n) is 10.8. The Bertz CT molecular complexity index is 1180. The Morgan fingerprint density at radius 1 is 0.968 bits per heavy atom. The highest BCUT2D eigenvalue weighted by molar-refractivity contribution is 5.89. The van der Waals surface area contributed by atoms with Crippen LogP contribution >= 0.6 is 0 Å². The summed E-state index contributed by atoms with van der Waals surface area (Å²) >= 11 is 0. The molecule has 158 valence electrons. The Labute approximate surface area is 182 Å². The summed E-state index contributed by atoms with van der Waals surface area (Å²) < 4.78 is 0.